The molecular formula is C22H21N5O. The number of carbonyl (C=O) groups is 1. The number of rotatable bonds is 5. The van der Waals surface area contributed by atoms with E-state index in [1.165, 1.54) is 12.4 Å². The highest BCUT2D eigenvalue weighted by Crippen LogP contribution is 2.27. The van der Waals surface area contributed by atoms with Gasteiger partial charge in [-0.2, -0.15) is 5.26 Å². The maximum atomic E-state index is 12.6. The molecule has 1 heterocycles. The van der Waals surface area contributed by atoms with Crippen LogP contribution in [0, 0.1) is 18.3 Å². The summed E-state index contributed by atoms with van der Waals surface area (Å²) in [6.07, 6.45) is 2.98. The number of nitrogens with one attached hydrogen (secondary N) is 2. The maximum Gasteiger partial charge on any atom is 0.258 e. The average Bonchev–Trinajstić information content (AvgIpc) is 2.70. The van der Waals surface area contributed by atoms with Crippen LogP contribution in [0.15, 0.2) is 54.9 Å². The van der Waals surface area contributed by atoms with Crippen LogP contribution in [0.5, 0.6) is 0 Å². The van der Waals surface area contributed by atoms with Gasteiger partial charge in [0.2, 0.25) is 5.95 Å². The number of aryl methyl sites for hydroxylation is 1. The summed E-state index contributed by atoms with van der Waals surface area (Å²) in [5.41, 5.74) is 4.66. The van der Waals surface area contributed by atoms with Gasteiger partial charge in [0.05, 0.1) is 17.2 Å². The van der Waals surface area contributed by atoms with Crippen molar-refractivity contribution in [1.29, 1.82) is 5.26 Å². The number of nitrogens with zero attached hydrogens (tertiary/aromatic N) is 3. The third kappa shape index (κ3) is 4.33. The number of para-hydroxylation sites is 1. The summed E-state index contributed by atoms with van der Waals surface area (Å²) >= 11 is 0. The summed E-state index contributed by atoms with van der Waals surface area (Å²) in [6, 6.07) is 15.0. The Morgan fingerprint density at radius 3 is 2.36 bits per heavy atom. The minimum absolute atomic E-state index is 0.249. The molecule has 0 aliphatic carbocycles. The van der Waals surface area contributed by atoms with E-state index >= 15 is 0 Å². The van der Waals surface area contributed by atoms with E-state index in [0.717, 1.165) is 22.5 Å². The molecule has 6 nitrogen and oxygen atoms in total. The normalized spacial score (nSPS) is 10.4. The fourth-order valence-electron chi connectivity index (χ4n) is 2.80. The molecule has 0 unspecified atom stereocenters. The topological polar surface area (TPSA) is 90.7 Å². The van der Waals surface area contributed by atoms with Crippen LogP contribution in [0.4, 0.5) is 17.3 Å². The minimum atomic E-state index is -0.249. The van der Waals surface area contributed by atoms with E-state index in [-0.39, 0.29) is 5.91 Å². The molecule has 0 radical (unpaired) electrons. The van der Waals surface area contributed by atoms with Crippen LogP contribution in [0.3, 0.4) is 0 Å². The van der Waals surface area contributed by atoms with Gasteiger partial charge >= 0.3 is 0 Å². The second-order valence-electron chi connectivity index (χ2n) is 6.76. The Bertz CT molecular complexity index is 1020. The van der Waals surface area contributed by atoms with Crippen LogP contribution >= 0.6 is 0 Å². The Morgan fingerprint density at radius 2 is 1.75 bits per heavy atom. The van der Waals surface area contributed by atoms with Crippen molar-refractivity contribution in [2.75, 3.05) is 10.6 Å². The molecule has 6 heteroatoms. The lowest BCUT2D eigenvalue weighted by Crippen LogP contribution is -2.15. The van der Waals surface area contributed by atoms with Crippen LogP contribution < -0.4 is 10.6 Å². The fourth-order valence-corrected chi connectivity index (χ4v) is 2.80. The van der Waals surface area contributed by atoms with E-state index in [9.17, 15) is 4.79 Å². The molecule has 0 saturated carbocycles. The molecule has 28 heavy (non-hydrogen) atoms. The van der Waals surface area contributed by atoms with Gasteiger partial charge in [-0.05, 0) is 48.2 Å². The first-order valence-corrected chi connectivity index (χ1v) is 8.98. The van der Waals surface area contributed by atoms with Gasteiger partial charge in [0, 0.05) is 23.8 Å². The van der Waals surface area contributed by atoms with Crippen LogP contribution in [0.25, 0.3) is 0 Å². The second kappa shape index (κ2) is 8.31. The summed E-state index contributed by atoms with van der Waals surface area (Å²) in [4.78, 5) is 21.1. The third-order valence-corrected chi connectivity index (χ3v) is 4.35. The van der Waals surface area contributed by atoms with Gasteiger partial charge in [-0.15, -0.1) is 0 Å². The standard InChI is InChI=1S/C22H21N5O/c1-14(2)19-6-4-5-15(3)20(19)27-21(28)17-12-24-22(25-13-17)26-18-9-7-16(11-23)8-10-18/h4-10,12-14H,1-3H3,(H,27,28)(H,24,25,26). The molecule has 0 fully saturated rings. The first kappa shape index (κ1) is 19.1. The summed E-state index contributed by atoms with van der Waals surface area (Å²) in [5, 5.41) is 14.9. The third-order valence-electron chi connectivity index (χ3n) is 4.35. The van der Waals surface area contributed by atoms with E-state index < -0.39 is 0 Å². The summed E-state index contributed by atoms with van der Waals surface area (Å²) < 4.78 is 0. The van der Waals surface area contributed by atoms with E-state index in [0.29, 0.717) is 23.0 Å². The number of hydrogen-bond acceptors (Lipinski definition) is 5. The van der Waals surface area contributed by atoms with Gasteiger partial charge in [-0.1, -0.05) is 32.0 Å². The lowest BCUT2D eigenvalue weighted by atomic mass is 9.98. The van der Waals surface area contributed by atoms with Gasteiger partial charge in [0.15, 0.2) is 0 Å². The predicted molar refractivity (Wildman–Crippen MR) is 110 cm³/mol. The highest BCUT2D eigenvalue weighted by molar-refractivity contribution is 6.04. The highest BCUT2D eigenvalue weighted by atomic mass is 16.1. The zero-order valence-corrected chi connectivity index (χ0v) is 16.0. The summed E-state index contributed by atoms with van der Waals surface area (Å²) in [5.74, 6) is 0.423. The second-order valence-corrected chi connectivity index (χ2v) is 6.76. The monoisotopic (exact) mass is 371 g/mol. The van der Waals surface area contributed by atoms with Crippen molar-refractivity contribution >= 4 is 23.2 Å². The molecule has 0 atom stereocenters. The molecule has 140 valence electrons. The summed E-state index contributed by atoms with van der Waals surface area (Å²) in [7, 11) is 0. The molecule has 3 aromatic rings. The molecule has 0 saturated heterocycles. The van der Waals surface area contributed by atoms with E-state index in [2.05, 4.69) is 40.5 Å². The summed E-state index contributed by atoms with van der Waals surface area (Å²) in [6.45, 7) is 6.16. The Kier molecular flexibility index (Phi) is 5.66. The number of anilines is 3. The Labute approximate surface area is 164 Å². The van der Waals surface area contributed by atoms with Crippen molar-refractivity contribution in [3.8, 4) is 6.07 Å². The van der Waals surface area contributed by atoms with Crippen molar-refractivity contribution < 1.29 is 4.79 Å². The predicted octanol–water partition coefficient (Wildman–Crippen LogP) is 4.78. The van der Waals surface area contributed by atoms with Crippen molar-refractivity contribution in [3.05, 3.63) is 77.1 Å². The van der Waals surface area contributed by atoms with Gasteiger partial charge in [-0.3, -0.25) is 4.79 Å². The van der Waals surface area contributed by atoms with Gasteiger partial charge < -0.3 is 10.6 Å². The molecule has 1 amide bonds. The molecule has 3 rings (SSSR count). The maximum absolute atomic E-state index is 12.6. The Hall–Kier alpha value is -3.72. The molecule has 0 aliphatic heterocycles. The average molecular weight is 371 g/mol. The van der Waals surface area contributed by atoms with Gasteiger partial charge in [0.25, 0.3) is 5.91 Å². The number of aromatic nitrogens is 2. The Morgan fingerprint density at radius 1 is 1.07 bits per heavy atom. The first-order chi connectivity index (χ1) is 13.5. The van der Waals surface area contributed by atoms with E-state index in [4.69, 9.17) is 5.26 Å². The number of carbonyl (C=O) groups excluding carboxylic acids is 1. The first-order valence-electron chi connectivity index (χ1n) is 8.98. The lowest BCUT2D eigenvalue weighted by Gasteiger charge is -2.16. The van der Waals surface area contributed by atoms with Crippen LogP contribution in [0.1, 0.15) is 46.8 Å². The van der Waals surface area contributed by atoms with Crippen LogP contribution in [-0.4, -0.2) is 15.9 Å². The Balaban J connectivity index is 1.73. The lowest BCUT2D eigenvalue weighted by molar-refractivity contribution is 0.102. The number of hydrogen-bond donors (Lipinski definition) is 2. The number of nitriles is 1. The SMILES string of the molecule is Cc1cccc(C(C)C)c1NC(=O)c1cnc(Nc2ccc(C#N)cc2)nc1. The van der Waals surface area contributed by atoms with Crippen molar-refractivity contribution in [3.63, 3.8) is 0 Å². The van der Waals surface area contributed by atoms with Crippen LogP contribution in [0.2, 0.25) is 0 Å². The van der Waals surface area contributed by atoms with Gasteiger partial charge in [0.1, 0.15) is 0 Å². The largest absolute Gasteiger partial charge is 0.324 e. The van der Waals surface area contributed by atoms with Crippen molar-refractivity contribution in [2.45, 2.75) is 26.7 Å². The number of benzene rings is 2. The molecule has 2 aromatic carbocycles. The molecule has 0 bridgehead atoms. The van der Waals surface area contributed by atoms with E-state index in [1.54, 1.807) is 24.3 Å². The number of amides is 1. The van der Waals surface area contributed by atoms with Gasteiger partial charge in [-0.25, -0.2) is 9.97 Å². The quantitative estimate of drug-likeness (QED) is 0.674. The molecule has 1 aromatic heterocycles. The molecule has 0 spiro atoms. The smallest absolute Gasteiger partial charge is 0.258 e. The van der Waals surface area contributed by atoms with Crippen LogP contribution in [-0.2, 0) is 0 Å². The molecular weight excluding hydrogens is 350 g/mol. The molecule has 0 aliphatic rings. The minimum Gasteiger partial charge on any atom is -0.324 e. The van der Waals surface area contributed by atoms with E-state index in [1.807, 2.05) is 25.1 Å². The molecule has 2 N–H and O–H groups in total. The zero-order valence-electron chi connectivity index (χ0n) is 16.0. The fraction of sp³-hybridized carbons (Fsp3) is 0.182. The van der Waals surface area contributed by atoms with Crippen molar-refractivity contribution in [2.24, 2.45) is 0 Å². The highest BCUT2D eigenvalue weighted by Gasteiger charge is 2.14. The van der Waals surface area contributed by atoms with Crippen molar-refractivity contribution in [1.82, 2.24) is 9.97 Å². The zero-order chi connectivity index (χ0) is 20.1.